The maximum Gasteiger partial charge on any atom is 0.272 e. The number of hydrogen-bond acceptors (Lipinski definition) is 3. The van der Waals surface area contributed by atoms with Gasteiger partial charge in [-0.05, 0) is 55.0 Å². The zero-order chi connectivity index (χ0) is 18.7. The number of nitrogens with zero attached hydrogens (tertiary/aromatic N) is 1. The molecule has 0 saturated heterocycles. The molecule has 0 aliphatic carbocycles. The van der Waals surface area contributed by atoms with Gasteiger partial charge in [0.15, 0.2) is 0 Å². The maximum atomic E-state index is 12.1. The molecule has 2 aromatic carbocycles. The van der Waals surface area contributed by atoms with E-state index in [4.69, 9.17) is 39.2 Å². The smallest absolute Gasteiger partial charge is 0.272 e. The van der Waals surface area contributed by atoms with Crippen LogP contribution in [0.3, 0.4) is 0 Å². The van der Waals surface area contributed by atoms with Gasteiger partial charge >= 0.3 is 0 Å². The van der Waals surface area contributed by atoms with Crippen LogP contribution in [0.5, 0.6) is 0 Å². The Labute approximate surface area is 165 Å². The number of carbonyl (C=O) groups is 1. The Morgan fingerprint density at radius 3 is 2.58 bits per heavy atom. The van der Waals surface area contributed by atoms with Gasteiger partial charge in [-0.15, -0.1) is 0 Å². The van der Waals surface area contributed by atoms with Crippen molar-refractivity contribution in [1.82, 2.24) is 5.43 Å². The van der Waals surface area contributed by atoms with Gasteiger partial charge in [-0.25, -0.2) is 5.43 Å². The lowest BCUT2D eigenvalue weighted by molar-refractivity contribution is 0.0955. The van der Waals surface area contributed by atoms with Crippen molar-refractivity contribution in [3.8, 4) is 11.3 Å². The second kappa shape index (κ2) is 7.96. The zero-order valence-corrected chi connectivity index (χ0v) is 15.9. The third kappa shape index (κ3) is 4.28. The van der Waals surface area contributed by atoms with Gasteiger partial charge in [0.25, 0.3) is 5.91 Å². The summed E-state index contributed by atoms with van der Waals surface area (Å²) in [7, 11) is 0. The van der Waals surface area contributed by atoms with Gasteiger partial charge in [-0.1, -0.05) is 40.9 Å². The summed E-state index contributed by atoms with van der Waals surface area (Å²) in [6.45, 7) is 1.90. The lowest BCUT2D eigenvalue weighted by Crippen LogP contribution is -2.18. The predicted molar refractivity (Wildman–Crippen MR) is 105 cm³/mol. The van der Waals surface area contributed by atoms with Crippen molar-refractivity contribution in [3.05, 3.63) is 80.5 Å². The molecule has 3 rings (SSSR count). The summed E-state index contributed by atoms with van der Waals surface area (Å²) in [6.07, 6.45) is 1.40. The minimum atomic E-state index is -0.404. The quantitative estimate of drug-likeness (QED) is 0.427. The highest BCUT2D eigenvalue weighted by atomic mass is 35.5. The van der Waals surface area contributed by atoms with Gasteiger partial charge in [-0.3, -0.25) is 4.79 Å². The molecular formula is C19H13Cl3N2O2. The molecule has 0 spiro atoms. The van der Waals surface area contributed by atoms with E-state index in [2.05, 4.69) is 10.5 Å². The van der Waals surface area contributed by atoms with Crippen molar-refractivity contribution in [1.29, 1.82) is 0 Å². The minimum Gasteiger partial charge on any atom is -0.455 e. The summed E-state index contributed by atoms with van der Waals surface area (Å²) in [5.74, 6) is 0.626. The molecule has 1 amide bonds. The molecule has 0 aliphatic rings. The Morgan fingerprint density at radius 1 is 1.04 bits per heavy atom. The average Bonchev–Trinajstić information content (AvgIpc) is 3.03. The first-order chi connectivity index (χ1) is 12.4. The van der Waals surface area contributed by atoms with E-state index in [0.29, 0.717) is 37.7 Å². The number of furan rings is 1. The highest BCUT2D eigenvalue weighted by molar-refractivity contribution is 6.36. The fourth-order valence-electron chi connectivity index (χ4n) is 2.28. The van der Waals surface area contributed by atoms with Crippen LogP contribution in [-0.2, 0) is 0 Å². The Morgan fingerprint density at radius 2 is 1.85 bits per heavy atom. The summed E-state index contributed by atoms with van der Waals surface area (Å²) in [5.41, 5.74) is 4.45. The van der Waals surface area contributed by atoms with E-state index in [0.717, 1.165) is 5.56 Å². The first kappa shape index (κ1) is 18.5. The van der Waals surface area contributed by atoms with Crippen LogP contribution in [0.2, 0.25) is 15.1 Å². The predicted octanol–water partition coefficient (Wildman–Crippen LogP) is 5.98. The molecular weight excluding hydrogens is 395 g/mol. The molecule has 4 nitrogen and oxygen atoms in total. The second-order valence-electron chi connectivity index (χ2n) is 5.51. The Kier molecular flexibility index (Phi) is 5.67. The summed E-state index contributed by atoms with van der Waals surface area (Å²) in [4.78, 5) is 12.1. The molecule has 1 aromatic heterocycles. The van der Waals surface area contributed by atoms with Crippen LogP contribution in [0.15, 0.2) is 58.0 Å². The van der Waals surface area contributed by atoms with Crippen molar-refractivity contribution in [2.75, 3.05) is 0 Å². The first-order valence-electron chi connectivity index (χ1n) is 7.59. The molecule has 132 valence electrons. The SMILES string of the molecule is Cc1ccc(C(=O)N/N=C\c2ccc(-c3ccc(Cl)cc3Cl)o2)c(Cl)c1. The van der Waals surface area contributed by atoms with Gasteiger partial charge in [0.2, 0.25) is 0 Å². The normalized spacial score (nSPS) is 11.1. The molecule has 0 bridgehead atoms. The number of hydrogen-bond donors (Lipinski definition) is 1. The van der Waals surface area contributed by atoms with Gasteiger partial charge in [0, 0.05) is 10.6 Å². The molecule has 26 heavy (non-hydrogen) atoms. The molecule has 3 aromatic rings. The number of benzene rings is 2. The number of carbonyl (C=O) groups excluding carboxylic acids is 1. The Bertz CT molecular complexity index is 996. The summed E-state index contributed by atoms with van der Waals surface area (Å²) < 4.78 is 5.66. The minimum absolute atomic E-state index is 0.350. The first-order valence-corrected chi connectivity index (χ1v) is 8.72. The van der Waals surface area contributed by atoms with E-state index < -0.39 is 5.91 Å². The van der Waals surface area contributed by atoms with Gasteiger partial charge in [0.1, 0.15) is 11.5 Å². The van der Waals surface area contributed by atoms with Crippen LogP contribution in [0.4, 0.5) is 0 Å². The molecule has 0 unspecified atom stereocenters. The van der Waals surface area contributed by atoms with Crippen molar-refractivity contribution in [2.45, 2.75) is 6.92 Å². The maximum absolute atomic E-state index is 12.1. The van der Waals surface area contributed by atoms with Crippen molar-refractivity contribution in [3.63, 3.8) is 0 Å². The third-order valence-electron chi connectivity index (χ3n) is 3.55. The van der Waals surface area contributed by atoms with Crippen molar-refractivity contribution in [2.24, 2.45) is 5.10 Å². The van der Waals surface area contributed by atoms with Crippen LogP contribution in [0.25, 0.3) is 11.3 Å². The molecule has 1 heterocycles. The summed E-state index contributed by atoms with van der Waals surface area (Å²) >= 11 is 18.1. The van der Waals surface area contributed by atoms with E-state index in [9.17, 15) is 4.79 Å². The Hall–Kier alpha value is -2.27. The highest BCUT2D eigenvalue weighted by Gasteiger charge is 2.10. The molecule has 0 atom stereocenters. The lowest BCUT2D eigenvalue weighted by atomic mass is 10.1. The number of hydrazone groups is 1. The molecule has 0 radical (unpaired) electrons. The number of halogens is 3. The van der Waals surface area contributed by atoms with E-state index in [-0.39, 0.29) is 0 Å². The third-order valence-corrected chi connectivity index (χ3v) is 4.41. The van der Waals surface area contributed by atoms with E-state index in [1.54, 1.807) is 48.5 Å². The topological polar surface area (TPSA) is 54.6 Å². The molecule has 0 aliphatic heterocycles. The number of rotatable bonds is 4. The van der Waals surface area contributed by atoms with E-state index >= 15 is 0 Å². The van der Waals surface area contributed by atoms with E-state index in [1.165, 1.54) is 6.21 Å². The standard InChI is InChI=1S/C19H13Cl3N2O2/c1-11-2-5-15(16(21)8-11)19(25)24-23-10-13-4-7-18(26-13)14-6-3-12(20)9-17(14)22/h2-10H,1H3,(H,24,25)/b23-10-. The summed E-state index contributed by atoms with van der Waals surface area (Å²) in [5, 5.41) is 5.29. The molecule has 0 fully saturated rings. The number of amides is 1. The monoisotopic (exact) mass is 406 g/mol. The van der Waals surface area contributed by atoms with Crippen molar-refractivity contribution < 1.29 is 9.21 Å². The van der Waals surface area contributed by atoms with Crippen LogP contribution in [-0.4, -0.2) is 12.1 Å². The van der Waals surface area contributed by atoms with Crippen LogP contribution >= 0.6 is 34.8 Å². The van der Waals surface area contributed by atoms with Gasteiger partial charge < -0.3 is 4.42 Å². The highest BCUT2D eigenvalue weighted by Crippen LogP contribution is 2.31. The number of nitrogens with one attached hydrogen (secondary N) is 1. The van der Waals surface area contributed by atoms with Crippen LogP contribution in [0.1, 0.15) is 21.7 Å². The van der Waals surface area contributed by atoms with Crippen LogP contribution in [0, 0.1) is 6.92 Å². The average molecular weight is 408 g/mol. The lowest BCUT2D eigenvalue weighted by Gasteiger charge is -2.03. The zero-order valence-electron chi connectivity index (χ0n) is 13.6. The van der Waals surface area contributed by atoms with Crippen molar-refractivity contribution >= 4 is 46.9 Å². The van der Waals surface area contributed by atoms with Gasteiger partial charge in [-0.2, -0.15) is 5.10 Å². The molecule has 0 saturated carbocycles. The molecule has 7 heteroatoms. The largest absolute Gasteiger partial charge is 0.455 e. The fourth-order valence-corrected chi connectivity index (χ4v) is 3.10. The van der Waals surface area contributed by atoms with E-state index in [1.807, 2.05) is 6.92 Å². The second-order valence-corrected chi connectivity index (χ2v) is 6.76. The Balaban J connectivity index is 1.70. The van der Waals surface area contributed by atoms with Gasteiger partial charge in [0.05, 0.1) is 21.8 Å². The molecule has 1 N–H and O–H groups in total. The summed E-state index contributed by atoms with van der Waals surface area (Å²) in [6, 6.07) is 13.8. The van der Waals surface area contributed by atoms with Crippen LogP contribution < -0.4 is 5.43 Å². The fraction of sp³-hybridized carbons (Fsp3) is 0.0526. The number of aryl methyl sites for hydroxylation is 1.